The number of aromatic nitrogens is 3. The van der Waals surface area contributed by atoms with E-state index in [0.717, 1.165) is 41.8 Å². The number of primary amides is 1. The summed E-state index contributed by atoms with van der Waals surface area (Å²) in [5.74, 6) is 0.327. The second-order valence-corrected chi connectivity index (χ2v) is 9.38. The molecule has 5 rings (SSSR count). The smallest absolute Gasteiger partial charge is 0.268 e. The number of imidazole rings is 1. The summed E-state index contributed by atoms with van der Waals surface area (Å²) in [6, 6.07) is 28.7. The fraction of sp³-hybridized carbons (Fsp3) is 0.226. The van der Waals surface area contributed by atoms with Crippen LogP contribution in [0, 0.1) is 0 Å². The molecule has 0 unspecified atom stereocenters. The molecule has 3 aromatic carbocycles. The lowest BCUT2D eigenvalue weighted by Gasteiger charge is -2.19. The Morgan fingerprint density at radius 2 is 1.66 bits per heavy atom. The Bertz CT molecular complexity index is 1460. The molecular formula is C31H32N4O3. The average Bonchev–Trinajstić information content (AvgIpc) is 3.59. The first kappa shape index (κ1) is 25.3. The number of carbonyl (C=O) groups excluding carboxylic acids is 1. The largest absolute Gasteiger partial charge is 0.489 e. The van der Waals surface area contributed by atoms with Crippen LogP contribution < -0.4 is 10.5 Å². The van der Waals surface area contributed by atoms with Gasteiger partial charge in [0, 0.05) is 31.5 Å². The van der Waals surface area contributed by atoms with Gasteiger partial charge in [-0.05, 0) is 47.6 Å². The van der Waals surface area contributed by atoms with Crippen LogP contribution in [0.25, 0.3) is 10.9 Å². The van der Waals surface area contributed by atoms with Gasteiger partial charge in [-0.25, -0.2) is 4.98 Å². The van der Waals surface area contributed by atoms with Crippen LogP contribution in [0.15, 0.2) is 104 Å². The molecule has 194 valence electrons. The third-order valence-corrected chi connectivity index (χ3v) is 6.55. The number of hydrogen-bond acceptors (Lipinski definition) is 4. The number of carbonyl (C=O) groups is 1. The maximum Gasteiger partial charge on any atom is 0.268 e. The van der Waals surface area contributed by atoms with E-state index < -0.39 is 5.91 Å². The van der Waals surface area contributed by atoms with Crippen LogP contribution in [0.2, 0.25) is 0 Å². The zero-order chi connectivity index (χ0) is 26.2. The molecule has 2 heterocycles. The second kappa shape index (κ2) is 12.3. The molecule has 2 N–H and O–H groups in total. The molecule has 0 aliphatic carbocycles. The van der Waals surface area contributed by atoms with Crippen molar-refractivity contribution in [2.24, 2.45) is 5.73 Å². The topological polar surface area (TPSA) is 84.3 Å². The molecule has 0 saturated carbocycles. The van der Waals surface area contributed by atoms with Gasteiger partial charge in [-0.2, -0.15) is 0 Å². The fourth-order valence-corrected chi connectivity index (χ4v) is 4.52. The number of hydrogen-bond donors (Lipinski definition) is 1. The van der Waals surface area contributed by atoms with Crippen molar-refractivity contribution in [3.05, 3.63) is 120 Å². The van der Waals surface area contributed by atoms with Crippen molar-refractivity contribution in [2.45, 2.75) is 45.2 Å². The predicted octanol–water partition coefficient (Wildman–Crippen LogP) is 5.58. The van der Waals surface area contributed by atoms with E-state index in [1.807, 2.05) is 47.0 Å². The van der Waals surface area contributed by atoms with Gasteiger partial charge in [0.05, 0.1) is 24.6 Å². The van der Waals surface area contributed by atoms with E-state index in [-0.39, 0.29) is 11.8 Å². The Balaban J connectivity index is 1.22. The highest BCUT2D eigenvalue weighted by atomic mass is 16.5. The van der Waals surface area contributed by atoms with Crippen LogP contribution in [-0.4, -0.2) is 26.1 Å². The van der Waals surface area contributed by atoms with Crippen LogP contribution >= 0.6 is 0 Å². The van der Waals surface area contributed by atoms with Crippen LogP contribution in [0.3, 0.4) is 0 Å². The summed E-state index contributed by atoms with van der Waals surface area (Å²) in [4.78, 5) is 15.6. The molecule has 0 saturated heterocycles. The summed E-state index contributed by atoms with van der Waals surface area (Å²) in [5.41, 5.74) is 9.05. The molecule has 5 aromatic rings. The van der Waals surface area contributed by atoms with Crippen molar-refractivity contribution in [3.8, 4) is 5.75 Å². The molecule has 0 bridgehead atoms. The molecule has 1 atom stereocenters. The van der Waals surface area contributed by atoms with Gasteiger partial charge in [0.15, 0.2) is 0 Å². The second-order valence-electron chi connectivity index (χ2n) is 9.38. The quantitative estimate of drug-likeness (QED) is 0.225. The Kier molecular flexibility index (Phi) is 8.16. The van der Waals surface area contributed by atoms with Crippen LogP contribution in [0.5, 0.6) is 5.75 Å². The lowest BCUT2D eigenvalue weighted by Crippen LogP contribution is -2.20. The number of benzene rings is 3. The van der Waals surface area contributed by atoms with Gasteiger partial charge >= 0.3 is 0 Å². The van der Waals surface area contributed by atoms with Gasteiger partial charge in [0.2, 0.25) is 0 Å². The average molecular weight is 509 g/mol. The minimum absolute atomic E-state index is 0.0447. The summed E-state index contributed by atoms with van der Waals surface area (Å²) in [6.45, 7) is 2.51. The van der Waals surface area contributed by atoms with Crippen LogP contribution in [-0.2, 0) is 31.0 Å². The van der Waals surface area contributed by atoms with Gasteiger partial charge in [-0.3, -0.25) is 4.79 Å². The van der Waals surface area contributed by atoms with Crippen molar-refractivity contribution in [2.75, 3.05) is 0 Å². The Morgan fingerprint density at radius 1 is 0.921 bits per heavy atom. The van der Waals surface area contributed by atoms with Crippen LogP contribution in [0.4, 0.5) is 0 Å². The molecule has 1 amide bonds. The van der Waals surface area contributed by atoms with Gasteiger partial charge in [0.1, 0.15) is 18.1 Å². The lowest BCUT2D eigenvalue weighted by atomic mass is 10.1. The highest BCUT2D eigenvalue weighted by Crippen LogP contribution is 2.24. The number of rotatable bonds is 13. The number of ether oxygens (including phenoxy) is 2. The predicted molar refractivity (Wildman–Crippen MR) is 148 cm³/mol. The zero-order valence-corrected chi connectivity index (χ0v) is 21.3. The molecular weight excluding hydrogens is 476 g/mol. The minimum atomic E-state index is -0.530. The molecule has 7 nitrogen and oxygen atoms in total. The monoisotopic (exact) mass is 508 g/mol. The van der Waals surface area contributed by atoms with E-state index in [2.05, 4.69) is 58.2 Å². The number of nitrogens with two attached hydrogens (primary N) is 1. The van der Waals surface area contributed by atoms with E-state index in [0.29, 0.717) is 19.8 Å². The highest BCUT2D eigenvalue weighted by molar-refractivity contribution is 5.90. The number of amides is 1. The normalized spacial score (nSPS) is 12.0. The first-order valence-electron chi connectivity index (χ1n) is 12.9. The Labute approximate surface area is 222 Å². The number of fused-ring (bicyclic) bond motifs is 1. The van der Waals surface area contributed by atoms with E-state index in [9.17, 15) is 4.79 Å². The molecule has 0 fully saturated rings. The maximum atomic E-state index is 11.5. The van der Waals surface area contributed by atoms with Crippen molar-refractivity contribution < 1.29 is 14.3 Å². The molecule has 0 spiro atoms. The third kappa shape index (κ3) is 6.69. The van der Waals surface area contributed by atoms with Crippen molar-refractivity contribution in [1.82, 2.24) is 14.1 Å². The molecule has 7 heteroatoms. The summed E-state index contributed by atoms with van der Waals surface area (Å²) < 4.78 is 16.5. The SMILES string of the molecule is NC(=O)c1cn(C[C@H](CCCn2ccc3ccc(OCc4ccccc4)cc32)OCc2ccccc2)cn1. The molecule has 0 radical (unpaired) electrons. The standard InChI is InChI=1S/C31H32N4O3/c32-31(36)29-20-34(23-33-29)19-28(38-22-25-10-5-2-6-11-25)12-7-16-35-17-15-26-13-14-27(18-30(26)35)37-21-24-8-3-1-4-9-24/h1-6,8-11,13-15,17-18,20,23,28H,7,12,16,19,21-22H2,(H2,32,36)/t28-/m0/s1. The van der Waals surface area contributed by atoms with E-state index in [4.69, 9.17) is 15.2 Å². The third-order valence-electron chi connectivity index (χ3n) is 6.55. The van der Waals surface area contributed by atoms with Gasteiger partial charge in [-0.15, -0.1) is 0 Å². The fourth-order valence-electron chi connectivity index (χ4n) is 4.52. The van der Waals surface area contributed by atoms with Crippen molar-refractivity contribution in [1.29, 1.82) is 0 Å². The zero-order valence-electron chi connectivity index (χ0n) is 21.3. The molecule has 0 aliphatic rings. The number of aryl methyl sites for hydroxylation is 1. The first-order chi connectivity index (χ1) is 18.6. The lowest BCUT2D eigenvalue weighted by molar-refractivity contribution is 0.0218. The Hall–Kier alpha value is -4.36. The Morgan fingerprint density at radius 3 is 2.37 bits per heavy atom. The maximum absolute atomic E-state index is 11.5. The summed E-state index contributed by atoms with van der Waals surface area (Å²) >= 11 is 0. The first-order valence-corrected chi connectivity index (χ1v) is 12.9. The highest BCUT2D eigenvalue weighted by Gasteiger charge is 2.13. The van der Waals surface area contributed by atoms with Crippen LogP contribution in [0.1, 0.15) is 34.5 Å². The van der Waals surface area contributed by atoms with Gasteiger partial charge < -0.3 is 24.3 Å². The van der Waals surface area contributed by atoms with Crippen molar-refractivity contribution in [3.63, 3.8) is 0 Å². The summed E-state index contributed by atoms with van der Waals surface area (Å²) in [5, 5.41) is 1.19. The van der Waals surface area contributed by atoms with Gasteiger partial charge in [0.25, 0.3) is 5.91 Å². The number of nitrogens with zero attached hydrogens (tertiary/aromatic N) is 3. The molecule has 0 aliphatic heterocycles. The minimum Gasteiger partial charge on any atom is -0.489 e. The molecule has 38 heavy (non-hydrogen) atoms. The van der Waals surface area contributed by atoms with Gasteiger partial charge in [-0.1, -0.05) is 60.7 Å². The van der Waals surface area contributed by atoms with Crippen molar-refractivity contribution >= 4 is 16.8 Å². The summed E-state index contributed by atoms with van der Waals surface area (Å²) in [7, 11) is 0. The van der Waals surface area contributed by atoms with E-state index >= 15 is 0 Å². The van der Waals surface area contributed by atoms with E-state index in [1.165, 1.54) is 5.39 Å². The summed E-state index contributed by atoms with van der Waals surface area (Å²) in [6.07, 6.45) is 7.17. The van der Waals surface area contributed by atoms with E-state index in [1.54, 1.807) is 12.5 Å². The molecule has 2 aromatic heterocycles.